The molecule has 0 atom stereocenters. The summed E-state index contributed by atoms with van der Waals surface area (Å²) in [5.41, 5.74) is 3.13. The predicted octanol–water partition coefficient (Wildman–Crippen LogP) is 5.01. The lowest BCUT2D eigenvalue weighted by Crippen LogP contribution is -2.14. The number of carbonyl (C=O) groups is 1. The molecule has 0 saturated carbocycles. The first-order valence-electron chi connectivity index (χ1n) is 8.68. The molecule has 0 aliphatic carbocycles. The standard InChI is InChI=1S/C23H24O4/c1-18(2)15-16-26-23(25)17-27-22-13-9-20(10-14-22)6-4-3-5-19-7-11-21(24)12-8-19/h3-15,24H,16-17H2,1-2H3. The summed E-state index contributed by atoms with van der Waals surface area (Å²) in [7, 11) is 0. The number of benzene rings is 2. The highest BCUT2D eigenvalue weighted by Gasteiger charge is 2.03. The summed E-state index contributed by atoms with van der Waals surface area (Å²) in [6.07, 6.45) is 9.63. The van der Waals surface area contributed by atoms with Crippen molar-refractivity contribution < 1.29 is 19.4 Å². The van der Waals surface area contributed by atoms with E-state index in [1.165, 1.54) is 0 Å². The number of esters is 1. The molecule has 0 fully saturated rings. The fraction of sp³-hybridized carbons (Fsp3) is 0.174. The average molecular weight is 364 g/mol. The first kappa shape index (κ1) is 20.0. The van der Waals surface area contributed by atoms with Crippen molar-refractivity contribution in [3.63, 3.8) is 0 Å². The summed E-state index contributed by atoms with van der Waals surface area (Å²) < 4.78 is 10.5. The topological polar surface area (TPSA) is 55.8 Å². The number of aromatic hydroxyl groups is 1. The summed E-state index contributed by atoms with van der Waals surface area (Å²) >= 11 is 0. The second-order valence-electron chi connectivity index (χ2n) is 6.13. The largest absolute Gasteiger partial charge is 0.508 e. The molecular weight excluding hydrogens is 340 g/mol. The van der Waals surface area contributed by atoms with Crippen molar-refractivity contribution in [2.45, 2.75) is 13.8 Å². The second kappa shape index (κ2) is 10.7. The molecule has 0 radical (unpaired) electrons. The third kappa shape index (κ3) is 8.10. The Kier molecular flexibility index (Phi) is 7.92. The second-order valence-corrected chi connectivity index (χ2v) is 6.13. The van der Waals surface area contributed by atoms with E-state index in [1.54, 1.807) is 12.1 Å². The normalized spacial score (nSPS) is 10.9. The zero-order valence-electron chi connectivity index (χ0n) is 15.6. The van der Waals surface area contributed by atoms with Gasteiger partial charge in [0.05, 0.1) is 0 Å². The Morgan fingerprint density at radius 2 is 1.48 bits per heavy atom. The molecule has 0 saturated heterocycles. The number of ether oxygens (including phenoxy) is 2. The van der Waals surface area contributed by atoms with Crippen LogP contribution in [0.15, 0.2) is 72.3 Å². The number of allylic oxidation sites excluding steroid dienone is 3. The van der Waals surface area contributed by atoms with Gasteiger partial charge in [0.15, 0.2) is 6.61 Å². The lowest BCUT2D eigenvalue weighted by molar-refractivity contribution is -0.144. The molecule has 140 valence electrons. The van der Waals surface area contributed by atoms with Gasteiger partial charge in [0, 0.05) is 0 Å². The van der Waals surface area contributed by atoms with Crippen molar-refractivity contribution >= 4 is 18.1 Å². The van der Waals surface area contributed by atoms with Crippen LogP contribution in [0.1, 0.15) is 25.0 Å². The highest BCUT2D eigenvalue weighted by Crippen LogP contribution is 2.14. The molecule has 0 bridgehead atoms. The molecule has 0 spiro atoms. The molecule has 1 N–H and O–H groups in total. The summed E-state index contributed by atoms with van der Waals surface area (Å²) in [4.78, 5) is 11.6. The van der Waals surface area contributed by atoms with Gasteiger partial charge >= 0.3 is 5.97 Å². The van der Waals surface area contributed by atoms with Crippen LogP contribution in [-0.4, -0.2) is 24.3 Å². The van der Waals surface area contributed by atoms with Crippen molar-refractivity contribution in [3.05, 3.63) is 83.5 Å². The van der Waals surface area contributed by atoms with Crippen molar-refractivity contribution in [1.82, 2.24) is 0 Å². The van der Waals surface area contributed by atoms with Gasteiger partial charge in [0.25, 0.3) is 0 Å². The molecule has 0 aromatic heterocycles. The van der Waals surface area contributed by atoms with E-state index in [-0.39, 0.29) is 19.0 Å². The molecule has 0 aliphatic rings. The van der Waals surface area contributed by atoms with Gasteiger partial charge < -0.3 is 14.6 Å². The van der Waals surface area contributed by atoms with Crippen molar-refractivity contribution in [2.75, 3.05) is 13.2 Å². The number of hydrogen-bond acceptors (Lipinski definition) is 4. The van der Waals surface area contributed by atoms with Gasteiger partial charge in [0.2, 0.25) is 0 Å². The van der Waals surface area contributed by atoms with Gasteiger partial charge in [-0.3, -0.25) is 0 Å². The smallest absolute Gasteiger partial charge is 0.344 e. The van der Waals surface area contributed by atoms with Crippen LogP contribution in [0.25, 0.3) is 12.2 Å². The summed E-state index contributed by atoms with van der Waals surface area (Å²) in [5.74, 6) is 0.480. The molecule has 0 aliphatic heterocycles. The molecule has 2 rings (SSSR count). The maximum atomic E-state index is 11.6. The van der Waals surface area contributed by atoms with Crippen LogP contribution in [0.5, 0.6) is 11.5 Å². The fourth-order valence-corrected chi connectivity index (χ4v) is 2.08. The summed E-state index contributed by atoms with van der Waals surface area (Å²) in [5, 5.41) is 9.25. The zero-order valence-corrected chi connectivity index (χ0v) is 15.6. The third-order valence-corrected chi connectivity index (χ3v) is 3.55. The minimum absolute atomic E-state index is 0.110. The highest BCUT2D eigenvalue weighted by atomic mass is 16.6. The van der Waals surface area contributed by atoms with Crippen LogP contribution in [0, 0.1) is 0 Å². The van der Waals surface area contributed by atoms with Crippen LogP contribution in [0.4, 0.5) is 0 Å². The molecule has 4 heteroatoms. The lowest BCUT2D eigenvalue weighted by Gasteiger charge is -2.06. The van der Waals surface area contributed by atoms with Gasteiger partial charge in [0.1, 0.15) is 18.1 Å². The van der Waals surface area contributed by atoms with Gasteiger partial charge in [-0.2, -0.15) is 0 Å². The van der Waals surface area contributed by atoms with Gasteiger partial charge in [-0.1, -0.05) is 54.1 Å². The highest BCUT2D eigenvalue weighted by molar-refractivity contribution is 5.71. The summed E-state index contributed by atoms with van der Waals surface area (Å²) in [6, 6.07) is 14.4. The molecular formula is C23H24O4. The zero-order chi connectivity index (χ0) is 19.5. The van der Waals surface area contributed by atoms with E-state index in [4.69, 9.17) is 9.47 Å². The van der Waals surface area contributed by atoms with Gasteiger partial charge in [-0.25, -0.2) is 4.79 Å². The summed E-state index contributed by atoms with van der Waals surface area (Å²) in [6.45, 7) is 4.06. The van der Waals surface area contributed by atoms with E-state index >= 15 is 0 Å². The number of phenols is 1. The Morgan fingerprint density at radius 3 is 2.04 bits per heavy atom. The van der Waals surface area contributed by atoms with Gasteiger partial charge in [-0.15, -0.1) is 0 Å². The molecule has 4 nitrogen and oxygen atoms in total. The number of carbonyl (C=O) groups excluding carboxylic acids is 1. The first-order chi connectivity index (χ1) is 13.0. The van der Waals surface area contributed by atoms with E-state index in [0.29, 0.717) is 5.75 Å². The van der Waals surface area contributed by atoms with Crippen molar-refractivity contribution in [3.8, 4) is 11.5 Å². The van der Waals surface area contributed by atoms with E-state index in [0.717, 1.165) is 16.7 Å². The molecule has 2 aromatic rings. The molecule has 0 amide bonds. The predicted molar refractivity (Wildman–Crippen MR) is 109 cm³/mol. The molecule has 0 heterocycles. The Labute approximate surface area is 160 Å². The minimum Gasteiger partial charge on any atom is -0.508 e. The minimum atomic E-state index is -0.393. The van der Waals surface area contributed by atoms with E-state index in [1.807, 2.05) is 80.6 Å². The molecule has 0 unspecified atom stereocenters. The van der Waals surface area contributed by atoms with E-state index < -0.39 is 5.97 Å². The third-order valence-electron chi connectivity index (χ3n) is 3.55. The number of rotatable bonds is 8. The Bertz CT molecular complexity index is 808. The molecule has 27 heavy (non-hydrogen) atoms. The van der Waals surface area contributed by atoms with Gasteiger partial charge in [-0.05, 0) is 55.3 Å². The fourth-order valence-electron chi connectivity index (χ4n) is 2.08. The molecule has 2 aromatic carbocycles. The van der Waals surface area contributed by atoms with Crippen LogP contribution < -0.4 is 4.74 Å². The average Bonchev–Trinajstić information content (AvgIpc) is 2.65. The maximum absolute atomic E-state index is 11.6. The maximum Gasteiger partial charge on any atom is 0.344 e. The quantitative estimate of drug-likeness (QED) is 0.406. The Balaban J connectivity index is 1.78. The first-order valence-corrected chi connectivity index (χ1v) is 8.68. The van der Waals surface area contributed by atoms with Crippen molar-refractivity contribution in [1.29, 1.82) is 0 Å². The number of hydrogen-bond donors (Lipinski definition) is 1. The van der Waals surface area contributed by atoms with E-state index in [9.17, 15) is 9.90 Å². The SMILES string of the molecule is CC(C)=CCOC(=O)COc1ccc(C=CC=Cc2ccc(O)cc2)cc1. The van der Waals surface area contributed by atoms with E-state index in [2.05, 4.69) is 0 Å². The van der Waals surface area contributed by atoms with Crippen LogP contribution in [-0.2, 0) is 9.53 Å². The Morgan fingerprint density at radius 1 is 0.926 bits per heavy atom. The monoisotopic (exact) mass is 364 g/mol. The lowest BCUT2D eigenvalue weighted by atomic mass is 10.2. The number of phenolic OH excluding ortho intramolecular Hbond substituents is 1. The van der Waals surface area contributed by atoms with Crippen LogP contribution in [0.3, 0.4) is 0 Å². The van der Waals surface area contributed by atoms with Crippen LogP contribution in [0.2, 0.25) is 0 Å². The van der Waals surface area contributed by atoms with Crippen molar-refractivity contribution in [2.24, 2.45) is 0 Å². The Hall–Kier alpha value is -3.27. The van der Waals surface area contributed by atoms with Crippen LogP contribution >= 0.6 is 0 Å².